The second-order valence-electron chi connectivity index (χ2n) is 8.09. The maximum Gasteiger partial charge on any atom is 0.407 e. The molecular weight excluding hydrogens is 412 g/mol. The van der Waals surface area contributed by atoms with Gasteiger partial charge in [0.25, 0.3) is 0 Å². The molecule has 1 saturated carbocycles. The highest BCUT2D eigenvalue weighted by Crippen LogP contribution is 2.44. The second-order valence-corrected chi connectivity index (χ2v) is 8.09. The zero-order valence-corrected chi connectivity index (χ0v) is 17.6. The Balaban J connectivity index is 1.17. The number of nitrogens with one attached hydrogen (secondary N) is 2. The van der Waals surface area contributed by atoms with Crippen molar-refractivity contribution in [1.82, 2.24) is 10.6 Å². The Morgan fingerprint density at radius 2 is 1.62 bits per heavy atom. The van der Waals surface area contributed by atoms with E-state index in [9.17, 15) is 19.5 Å². The van der Waals surface area contributed by atoms with Gasteiger partial charge < -0.3 is 25.2 Å². The van der Waals surface area contributed by atoms with Gasteiger partial charge in [-0.25, -0.2) is 9.59 Å². The monoisotopic (exact) mass is 438 g/mol. The molecule has 4 rings (SSSR count). The van der Waals surface area contributed by atoms with E-state index in [-0.39, 0.29) is 32.3 Å². The van der Waals surface area contributed by atoms with Crippen molar-refractivity contribution in [3.8, 4) is 11.1 Å². The van der Waals surface area contributed by atoms with Crippen LogP contribution in [0.2, 0.25) is 0 Å². The molecule has 1 fully saturated rings. The van der Waals surface area contributed by atoms with Crippen molar-refractivity contribution >= 4 is 18.0 Å². The number of ether oxygens (including phenoxy) is 2. The van der Waals surface area contributed by atoms with Gasteiger partial charge in [0.05, 0.1) is 6.61 Å². The van der Waals surface area contributed by atoms with Crippen LogP contribution in [-0.4, -0.2) is 55.0 Å². The number of carbonyl (C=O) groups is 3. The molecule has 0 saturated heterocycles. The average molecular weight is 438 g/mol. The third-order valence-corrected chi connectivity index (χ3v) is 6.09. The first-order valence-corrected chi connectivity index (χ1v) is 10.7. The van der Waals surface area contributed by atoms with Gasteiger partial charge in [0.2, 0.25) is 5.91 Å². The largest absolute Gasteiger partial charge is 0.480 e. The van der Waals surface area contributed by atoms with Crippen LogP contribution >= 0.6 is 0 Å². The van der Waals surface area contributed by atoms with Crippen molar-refractivity contribution in [2.24, 2.45) is 0 Å². The van der Waals surface area contributed by atoms with Gasteiger partial charge in [-0.15, -0.1) is 0 Å². The molecule has 0 unspecified atom stereocenters. The van der Waals surface area contributed by atoms with Crippen LogP contribution in [-0.2, 0) is 19.1 Å². The summed E-state index contributed by atoms with van der Waals surface area (Å²) in [5, 5.41) is 14.4. The molecule has 8 heteroatoms. The first-order valence-electron chi connectivity index (χ1n) is 10.7. The first-order chi connectivity index (χ1) is 15.5. The highest BCUT2D eigenvalue weighted by Gasteiger charge is 2.45. The van der Waals surface area contributed by atoms with E-state index in [1.807, 2.05) is 24.3 Å². The van der Waals surface area contributed by atoms with Gasteiger partial charge in [0.15, 0.2) is 0 Å². The minimum Gasteiger partial charge on any atom is -0.480 e. The van der Waals surface area contributed by atoms with E-state index in [1.54, 1.807) is 0 Å². The summed E-state index contributed by atoms with van der Waals surface area (Å²) in [7, 11) is 0. The third-order valence-electron chi connectivity index (χ3n) is 6.09. The van der Waals surface area contributed by atoms with E-state index in [0.717, 1.165) is 28.7 Å². The van der Waals surface area contributed by atoms with Gasteiger partial charge in [-0.05, 0) is 41.5 Å². The molecule has 8 nitrogen and oxygen atoms in total. The van der Waals surface area contributed by atoms with Gasteiger partial charge in [0.1, 0.15) is 18.8 Å². The third kappa shape index (κ3) is 4.45. The molecule has 168 valence electrons. The number of carboxylic acids is 1. The fourth-order valence-corrected chi connectivity index (χ4v) is 4.27. The number of benzene rings is 2. The summed E-state index contributed by atoms with van der Waals surface area (Å²) < 4.78 is 10.7. The molecule has 0 atom stereocenters. The Labute approximate surface area is 185 Å². The minimum atomic E-state index is -1.15. The minimum absolute atomic E-state index is 0.0128. The molecule has 2 aliphatic rings. The van der Waals surface area contributed by atoms with Crippen molar-refractivity contribution in [2.45, 2.75) is 30.7 Å². The molecular formula is C24H26N2O6. The average Bonchev–Trinajstić information content (AvgIpc) is 3.08. The molecule has 2 aromatic carbocycles. The SMILES string of the molecule is O=C(COCCNC(=O)OCC1c2ccccc2-c2ccccc21)NC1(C(=O)O)CCC1. The van der Waals surface area contributed by atoms with E-state index >= 15 is 0 Å². The van der Waals surface area contributed by atoms with E-state index in [4.69, 9.17) is 9.47 Å². The number of fused-ring (bicyclic) bond motifs is 3. The van der Waals surface area contributed by atoms with Gasteiger partial charge in [-0.3, -0.25) is 4.79 Å². The molecule has 2 aromatic rings. The van der Waals surface area contributed by atoms with Crippen molar-refractivity contribution in [2.75, 3.05) is 26.4 Å². The van der Waals surface area contributed by atoms with Crippen LogP contribution in [0.4, 0.5) is 4.79 Å². The molecule has 0 bridgehead atoms. The number of hydrogen-bond acceptors (Lipinski definition) is 5. The number of alkyl carbamates (subject to hydrolysis) is 1. The van der Waals surface area contributed by atoms with Crippen LogP contribution < -0.4 is 10.6 Å². The number of aliphatic carboxylic acids is 1. The summed E-state index contributed by atoms with van der Waals surface area (Å²) in [6.07, 6.45) is 1.07. The molecule has 32 heavy (non-hydrogen) atoms. The summed E-state index contributed by atoms with van der Waals surface area (Å²) in [5.74, 6) is -1.51. The Morgan fingerprint density at radius 1 is 1.00 bits per heavy atom. The zero-order valence-electron chi connectivity index (χ0n) is 17.6. The smallest absolute Gasteiger partial charge is 0.407 e. The fourth-order valence-electron chi connectivity index (χ4n) is 4.27. The topological polar surface area (TPSA) is 114 Å². The van der Waals surface area contributed by atoms with Gasteiger partial charge >= 0.3 is 12.1 Å². The van der Waals surface area contributed by atoms with Crippen LogP contribution in [0, 0.1) is 0 Å². The van der Waals surface area contributed by atoms with Gasteiger partial charge in [-0.1, -0.05) is 48.5 Å². The molecule has 0 heterocycles. The van der Waals surface area contributed by atoms with Crippen LogP contribution in [0.1, 0.15) is 36.3 Å². The zero-order chi connectivity index (χ0) is 22.6. The van der Waals surface area contributed by atoms with Crippen LogP contribution in [0.25, 0.3) is 11.1 Å². The van der Waals surface area contributed by atoms with Crippen molar-refractivity contribution in [3.63, 3.8) is 0 Å². The Kier molecular flexibility index (Phi) is 6.41. The number of amides is 2. The molecule has 0 aromatic heterocycles. The van der Waals surface area contributed by atoms with E-state index in [0.29, 0.717) is 12.8 Å². The maximum absolute atomic E-state index is 12.1. The molecule has 0 radical (unpaired) electrons. The molecule has 0 aliphatic heterocycles. The highest BCUT2D eigenvalue weighted by molar-refractivity contribution is 5.88. The van der Waals surface area contributed by atoms with Gasteiger partial charge in [-0.2, -0.15) is 0 Å². The normalized spacial score (nSPS) is 15.8. The maximum atomic E-state index is 12.1. The summed E-state index contributed by atoms with van der Waals surface area (Å²) in [5.41, 5.74) is 3.45. The van der Waals surface area contributed by atoms with Crippen LogP contribution in [0.15, 0.2) is 48.5 Å². The number of carboxylic acid groups (broad SMARTS) is 1. The van der Waals surface area contributed by atoms with Gasteiger partial charge in [0, 0.05) is 12.5 Å². The molecule has 2 amide bonds. The molecule has 2 aliphatic carbocycles. The summed E-state index contributed by atoms with van der Waals surface area (Å²) in [6.45, 7) is 0.244. The van der Waals surface area contributed by atoms with Crippen molar-refractivity contribution in [3.05, 3.63) is 59.7 Å². The molecule has 0 spiro atoms. The number of rotatable bonds is 9. The Bertz CT molecular complexity index is 972. The van der Waals surface area contributed by atoms with Crippen LogP contribution in [0.5, 0.6) is 0 Å². The highest BCUT2D eigenvalue weighted by atomic mass is 16.5. The predicted molar refractivity (Wildman–Crippen MR) is 116 cm³/mol. The van der Waals surface area contributed by atoms with E-state index in [1.165, 1.54) is 0 Å². The Hall–Kier alpha value is -3.39. The van der Waals surface area contributed by atoms with E-state index < -0.39 is 23.5 Å². The van der Waals surface area contributed by atoms with Crippen molar-refractivity contribution < 1.29 is 29.0 Å². The summed E-state index contributed by atoms with van der Waals surface area (Å²) >= 11 is 0. The number of carbonyl (C=O) groups excluding carboxylic acids is 2. The van der Waals surface area contributed by atoms with E-state index in [2.05, 4.69) is 34.9 Å². The lowest BCUT2D eigenvalue weighted by atomic mass is 9.77. The van der Waals surface area contributed by atoms with Crippen molar-refractivity contribution in [1.29, 1.82) is 0 Å². The summed E-state index contributed by atoms with van der Waals surface area (Å²) in [4.78, 5) is 35.3. The lowest BCUT2D eigenvalue weighted by molar-refractivity contribution is -0.152. The fraction of sp³-hybridized carbons (Fsp3) is 0.375. The standard InChI is InChI=1S/C24H26N2O6/c27-21(26-24(22(28)29)10-5-11-24)15-31-13-12-25-23(30)32-14-20-18-8-3-1-6-16(18)17-7-2-4-9-19(17)20/h1-4,6-9,20H,5,10-15H2,(H,25,30)(H,26,27)(H,28,29). The molecule has 3 N–H and O–H groups in total. The first kappa shape index (κ1) is 21.8. The predicted octanol–water partition coefficient (Wildman–Crippen LogP) is 2.67. The lowest BCUT2D eigenvalue weighted by Gasteiger charge is -2.38. The number of hydrogen-bond donors (Lipinski definition) is 3. The second kappa shape index (κ2) is 9.40. The Morgan fingerprint density at radius 3 is 2.19 bits per heavy atom. The lowest BCUT2D eigenvalue weighted by Crippen LogP contribution is -2.59. The summed E-state index contributed by atoms with van der Waals surface area (Å²) in [6, 6.07) is 16.2. The quantitative estimate of drug-likeness (QED) is 0.519. The van der Waals surface area contributed by atoms with Crippen LogP contribution in [0.3, 0.4) is 0 Å².